The molecule has 2 saturated carbocycles. The van der Waals surface area contributed by atoms with Gasteiger partial charge in [-0.1, -0.05) is 0 Å². The Balaban J connectivity index is 2.05. The van der Waals surface area contributed by atoms with Crippen LogP contribution >= 0.6 is 0 Å². The predicted molar refractivity (Wildman–Crippen MR) is 67.6 cm³/mol. The minimum absolute atomic E-state index is 0.0398. The predicted octanol–water partition coefficient (Wildman–Crippen LogP) is 1.65. The maximum Gasteiger partial charge on any atom is 0.167 e. The van der Waals surface area contributed by atoms with Gasteiger partial charge in [-0.05, 0) is 25.7 Å². The molecular weight excluding hydrogens is 252 g/mol. The van der Waals surface area contributed by atoms with Gasteiger partial charge < -0.3 is 4.74 Å². The van der Waals surface area contributed by atoms with Crippen LogP contribution in [-0.4, -0.2) is 31.6 Å². The number of rotatable bonds is 5. The zero-order valence-corrected chi connectivity index (χ0v) is 11.5. The summed E-state index contributed by atoms with van der Waals surface area (Å²) in [6.07, 6.45) is 5.73. The molecule has 0 aromatic carbocycles. The molecule has 18 heavy (non-hydrogen) atoms. The van der Waals surface area contributed by atoms with E-state index in [0.717, 1.165) is 42.8 Å². The highest BCUT2D eigenvalue weighted by Gasteiger charge is 2.38. The van der Waals surface area contributed by atoms with Crippen molar-refractivity contribution in [3.05, 3.63) is 11.4 Å². The summed E-state index contributed by atoms with van der Waals surface area (Å²) in [5.41, 5.74) is 1.95. The van der Waals surface area contributed by atoms with E-state index in [9.17, 15) is 8.42 Å². The summed E-state index contributed by atoms with van der Waals surface area (Å²) < 4.78 is 30.1. The van der Waals surface area contributed by atoms with Crippen LogP contribution in [-0.2, 0) is 15.7 Å². The first-order valence-electron chi connectivity index (χ1n) is 6.32. The van der Waals surface area contributed by atoms with Crippen LogP contribution in [0.5, 0.6) is 5.75 Å². The summed E-state index contributed by atoms with van der Waals surface area (Å²) in [7, 11) is -1.43. The molecule has 1 aromatic rings. The van der Waals surface area contributed by atoms with Gasteiger partial charge in [-0.3, -0.25) is 0 Å². The van der Waals surface area contributed by atoms with Gasteiger partial charge in [0.25, 0.3) is 0 Å². The minimum atomic E-state index is -3.08. The highest BCUT2D eigenvalue weighted by molar-refractivity contribution is 7.89. The van der Waals surface area contributed by atoms with Crippen LogP contribution in [0.2, 0.25) is 0 Å². The van der Waals surface area contributed by atoms with E-state index >= 15 is 0 Å². The van der Waals surface area contributed by atoms with Crippen molar-refractivity contribution in [1.82, 2.24) is 9.78 Å². The number of sulfone groups is 1. The highest BCUT2D eigenvalue weighted by Crippen LogP contribution is 2.50. The molecule has 6 heteroatoms. The molecule has 0 amide bonds. The van der Waals surface area contributed by atoms with Gasteiger partial charge >= 0.3 is 0 Å². The monoisotopic (exact) mass is 270 g/mol. The summed E-state index contributed by atoms with van der Waals surface area (Å²) in [5.74, 6) is 1.70. The summed E-state index contributed by atoms with van der Waals surface area (Å²) in [4.78, 5) is 0. The lowest BCUT2D eigenvalue weighted by Crippen LogP contribution is -2.13. The Labute approximate surface area is 107 Å². The van der Waals surface area contributed by atoms with E-state index in [1.165, 1.54) is 6.26 Å². The molecule has 0 unspecified atom stereocenters. The lowest BCUT2D eigenvalue weighted by Gasteiger charge is -2.06. The van der Waals surface area contributed by atoms with E-state index in [1.54, 1.807) is 11.8 Å². The van der Waals surface area contributed by atoms with E-state index in [2.05, 4.69) is 5.10 Å². The fraction of sp³-hybridized carbons (Fsp3) is 0.750. The normalized spacial score (nSPS) is 20.1. The van der Waals surface area contributed by atoms with Gasteiger partial charge in [0.05, 0.1) is 12.8 Å². The number of hydrogen-bond acceptors (Lipinski definition) is 4. The molecule has 0 spiro atoms. The van der Waals surface area contributed by atoms with Crippen LogP contribution in [0.3, 0.4) is 0 Å². The first kappa shape index (κ1) is 12.0. The van der Waals surface area contributed by atoms with Gasteiger partial charge in [0.1, 0.15) is 11.6 Å². The van der Waals surface area contributed by atoms with Gasteiger partial charge in [-0.25, -0.2) is 13.1 Å². The van der Waals surface area contributed by atoms with Crippen LogP contribution in [0, 0.1) is 0 Å². The molecule has 2 aliphatic rings. The van der Waals surface area contributed by atoms with E-state index in [0.29, 0.717) is 11.8 Å². The van der Waals surface area contributed by atoms with Gasteiger partial charge in [0.2, 0.25) is 0 Å². The van der Waals surface area contributed by atoms with Crippen LogP contribution in [0.25, 0.3) is 0 Å². The second kappa shape index (κ2) is 3.98. The summed E-state index contributed by atoms with van der Waals surface area (Å²) in [5, 5.41) is 4.50. The first-order chi connectivity index (χ1) is 8.49. The Morgan fingerprint density at radius 3 is 2.33 bits per heavy atom. The molecule has 1 heterocycles. The smallest absolute Gasteiger partial charge is 0.167 e. The third-order valence-electron chi connectivity index (χ3n) is 3.46. The van der Waals surface area contributed by atoms with Crippen molar-refractivity contribution in [3.8, 4) is 5.75 Å². The SMILES string of the molecule is COc1c(C2CC2)nn(CS(C)(=O)=O)c1C1CC1. The molecule has 2 fully saturated rings. The van der Waals surface area contributed by atoms with Crippen molar-refractivity contribution in [2.45, 2.75) is 43.4 Å². The second-order valence-corrected chi connectivity index (χ2v) is 7.52. The first-order valence-corrected chi connectivity index (χ1v) is 8.38. The topological polar surface area (TPSA) is 61.2 Å². The quantitative estimate of drug-likeness (QED) is 0.816. The van der Waals surface area contributed by atoms with Crippen molar-refractivity contribution in [1.29, 1.82) is 0 Å². The van der Waals surface area contributed by atoms with Crippen molar-refractivity contribution in [2.24, 2.45) is 0 Å². The van der Waals surface area contributed by atoms with Crippen LogP contribution in [0.1, 0.15) is 48.9 Å². The Kier molecular flexibility index (Phi) is 2.66. The molecule has 0 saturated heterocycles. The molecule has 100 valence electrons. The largest absolute Gasteiger partial charge is 0.493 e. The molecule has 1 aromatic heterocycles. The molecule has 2 aliphatic carbocycles. The number of ether oxygens (including phenoxy) is 1. The molecular formula is C12H18N2O3S. The van der Waals surface area contributed by atoms with Gasteiger partial charge in [-0.15, -0.1) is 0 Å². The Morgan fingerprint density at radius 1 is 1.28 bits per heavy atom. The van der Waals surface area contributed by atoms with Crippen LogP contribution < -0.4 is 4.74 Å². The molecule has 3 rings (SSSR count). The minimum Gasteiger partial charge on any atom is -0.493 e. The molecule has 0 atom stereocenters. The number of methoxy groups -OCH3 is 1. The number of hydrogen-bond donors (Lipinski definition) is 0. The van der Waals surface area contributed by atoms with Crippen molar-refractivity contribution in [2.75, 3.05) is 13.4 Å². The van der Waals surface area contributed by atoms with E-state index < -0.39 is 9.84 Å². The molecule has 0 aliphatic heterocycles. The molecule has 0 N–H and O–H groups in total. The third-order valence-corrected chi connectivity index (χ3v) is 4.17. The van der Waals surface area contributed by atoms with Gasteiger partial charge in [0, 0.05) is 18.1 Å². The summed E-state index contributed by atoms with van der Waals surface area (Å²) in [6, 6.07) is 0. The number of aromatic nitrogens is 2. The van der Waals surface area contributed by atoms with Crippen molar-refractivity contribution < 1.29 is 13.2 Å². The number of nitrogens with zero attached hydrogens (tertiary/aromatic N) is 2. The summed E-state index contributed by atoms with van der Waals surface area (Å²) >= 11 is 0. The molecule has 0 radical (unpaired) electrons. The standard InChI is InChI=1S/C12H18N2O3S/c1-17-12-10(8-3-4-8)13-14(7-18(2,15)16)11(12)9-5-6-9/h8-9H,3-7H2,1-2H3. The molecule has 0 bridgehead atoms. The lowest BCUT2D eigenvalue weighted by molar-refractivity contribution is 0.403. The fourth-order valence-electron chi connectivity index (χ4n) is 2.38. The van der Waals surface area contributed by atoms with E-state index in [-0.39, 0.29) is 5.88 Å². The average molecular weight is 270 g/mol. The zero-order chi connectivity index (χ0) is 12.9. The molecule has 5 nitrogen and oxygen atoms in total. The summed E-state index contributed by atoms with van der Waals surface area (Å²) in [6.45, 7) is 0. The Hall–Kier alpha value is -1.04. The average Bonchev–Trinajstić information content (AvgIpc) is 3.14. The second-order valence-electron chi connectivity index (χ2n) is 5.41. The van der Waals surface area contributed by atoms with Crippen LogP contribution in [0.4, 0.5) is 0 Å². The van der Waals surface area contributed by atoms with Gasteiger partial charge in [-0.2, -0.15) is 5.10 Å². The zero-order valence-electron chi connectivity index (χ0n) is 10.7. The van der Waals surface area contributed by atoms with Crippen molar-refractivity contribution in [3.63, 3.8) is 0 Å². The fourth-order valence-corrected chi connectivity index (χ4v) is 3.03. The Bertz CT molecular complexity index is 568. The maximum absolute atomic E-state index is 11.5. The third kappa shape index (κ3) is 2.25. The van der Waals surface area contributed by atoms with Crippen LogP contribution in [0.15, 0.2) is 0 Å². The lowest BCUT2D eigenvalue weighted by atomic mass is 10.2. The Morgan fingerprint density at radius 2 is 1.89 bits per heavy atom. The van der Waals surface area contributed by atoms with Gasteiger partial charge in [0.15, 0.2) is 15.6 Å². The maximum atomic E-state index is 11.5. The van der Waals surface area contributed by atoms with Crippen molar-refractivity contribution >= 4 is 9.84 Å². The van der Waals surface area contributed by atoms with E-state index in [4.69, 9.17) is 4.74 Å². The highest BCUT2D eigenvalue weighted by atomic mass is 32.2. The van der Waals surface area contributed by atoms with E-state index in [1.807, 2.05) is 0 Å².